The summed E-state index contributed by atoms with van der Waals surface area (Å²) in [6.07, 6.45) is 0.929. The molecule has 0 saturated carbocycles. The zero-order valence-electron chi connectivity index (χ0n) is 20.1. The molecule has 1 aliphatic heterocycles. The molecule has 4 aromatic carbocycles. The van der Waals surface area contributed by atoms with Crippen LogP contribution in [0.1, 0.15) is 46.3 Å². The second-order valence-corrected chi connectivity index (χ2v) is 9.47. The van der Waals surface area contributed by atoms with Gasteiger partial charge in [-0.05, 0) is 59.9 Å². The van der Waals surface area contributed by atoms with Crippen LogP contribution in [0.2, 0.25) is 0 Å². The van der Waals surface area contributed by atoms with E-state index in [-0.39, 0.29) is 17.6 Å². The van der Waals surface area contributed by atoms with E-state index in [1.54, 1.807) is 29.2 Å². The number of halogens is 1. The summed E-state index contributed by atoms with van der Waals surface area (Å²) in [7, 11) is 0. The van der Waals surface area contributed by atoms with Crippen LogP contribution in [-0.2, 0) is 4.79 Å². The number of hydrogen-bond donors (Lipinski definition) is 1. The number of hydrogen-bond acceptors (Lipinski definition) is 3. The third-order valence-corrected chi connectivity index (χ3v) is 7.16. The number of rotatable bonds is 3. The molecule has 37 heavy (non-hydrogen) atoms. The van der Waals surface area contributed by atoms with Crippen molar-refractivity contribution in [1.82, 2.24) is 0 Å². The number of nitrogens with zero attached hydrogens (tertiary/aromatic N) is 1. The standard InChI is InChI=1S/C32H25FN2O2/c33-25-15-9-14-23(18-25)31-30-27(19-24(20-29(30)36)21-10-3-1-4-11-21)34-26-16-7-8-17-28(26)35(31)32(37)22-12-5-2-6-13-22/h1-18,24,31,34H,19-20H2/t24-,31-/m1/s1. The maximum atomic E-state index is 14.6. The Kier molecular flexibility index (Phi) is 5.89. The van der Waals surface area contributed by atoms with Crippen molar-refractivity contribution in [2.75, 3.05) is 10.2 Å². The highest BCUT2D eigenvalue weighted by molar-refractivity contribution is 6.12. The van der Waals surface area contributed by atoms with Crippen LogP contribution in [0, 0.1) is 5.82 Å². The number of amides is 1. The second kappa shape index (κ2) is 9.51. The average Bonchev–Trinajstić information content (AvgIpc) is 3.08. The van der Waals surface area contributed by atoms with Gasteiger partial charge in [0, 0.05) is 23.3 Å². The van der Waals surface area contributed by atoms with Gasteiger partial charge in [0.15, 0.2) is 5.78 Å². The van der Waals surface area contributed by atoms with Crippen LogP contribution in [0.15, 0.2) is 120 Å². The third-order valence-electron chi connectivity index (χ3n) is 7.16. The number of anilines is 2. The first-order valence-corrected chi connectivity index (χ1v) is 12.4. The molecule has 0 spiro atoms. The Morgan fingerprint density at radius 2 is 1.46 bits per heavy atom. The molecule has 182 valence electrons. The van der Waals surface area contributed by atoms with Gasteiger partial charge in [0.2, 0.25) is 0 Å². The Labute approximate surface area is 215 Å². The summed E-state index contributed by atoms with van der Waals surface area (Å²) in [5.74, 6) is -0.703. The molecular weight excluding hydrogens is 463 g/mol. The quantitative estimate of drug-likeness (QED) is 0.336. The molecule has 6 rings (SSSR count). The lowest BCUT2D eigenvalue weighted by molar-refractivity contribution is -0.116. The maximum Gasteiger partial charge on any atom is 0.259 e. The SMILES string of the molecule is O=C1C[C@H](c2ccccc2)CC2=C1[C@@H](c1cccc(F)c1)N(C(=O)c1ccccc1)c1ccccc1N2. The van der Waals surface area contributed by atoms with Gasteiger partial charge >= 0.3 is 0 Å². The molecule has 2 atom stereocenters. The molecule has 4 aromatic rings. The lowest BCUT2D eigenvalue weighted by Gasteiger charge is -2.35. The van der Waals surface area contributed by atoms with E-state index in [1.165, 1.54) is 12.1 Å². The molecule has 0 saturated heterocycles. The van der Waals surface area contributed by atoms with Crippen molar-refractivity contribution >= 4 is 23.1 Å². The van der Waals surface area contributed by atoms with Crippen LogP contribution in [-0.4, -0.2) is 11.7 Å². The van der Waals surface area contributed by atoms with Crippen molar-refractivity contribution in [2.45, 2.75) is 24.8 Å². The lowest BCUT2D eigenvalue weighted by atomic mass is 9.78. The first kappa shape index (κ1) is 22.9. The van der Waals surface area contributed by atoms with E-state index in [1.807, 2.05) is 72.8 Å². The van der Waals surface area contributed by atoms with Gasteiger partial charge in [0.25, 0.3) is 5.91 Å². The van der Waals surface area contributed by atoms with E-state index in [0.29, 0.717) is 35.2 Å². The highest BCUT2D eigenvalue weighted by Gasteiger charge is 2.41. The Balaban J connectivity index is 1.58. The van der Waals surface area contributed by atoms with Gasteiger partial charge in [0.1, 0.15) is 5.82 Å². The van der Waals surface area contributed by atoms with Gasteiger partial charge in [-0.2, -0.15) is 0 Å². The highest BCUT2D eigenvalue weighted by atomic mass is 19.1. The molecule has 0 unspecified atom stereocenters. The largest absolute Gasteiger partial charge is 0.357 e. The van der Waals surface area contributed by atoms with E-state index >= 15 is 0 Å². The molecule has 0 radical (unpaired) electrons. The maximum absolute atomic E-state index is 14.6. The molecule has 1 N–H and O–H groups in total. The van der Waals surface area contributed by atoms with Gasteiger partial charge in [-0.3, -0.25) is 14.5 Å². The van der Waals surface area contributed by atoms with Crippen LogP contribution in [0.5, 0.6) is 0 Å². The van der Waals surface area contributed by atoms with Crippen LogP contribution in [0.3, 0.4) is 0 Å². The van der Waals surface area contributed by atoms with Crippen molar-refractivity contribution in [3.05, 3.63) is 143 Å². The summed E-state index contributed by atoms with van der Waals surface area (Å²) >= 11 is 0. The average molecular weight is 489 g/mol. The molecule has 1 aliphatic carbocycles. The number of benzene rings is 4. The molecule has 0 fully saturated rings. The summed E-state index contributed by atoms with van der Waals surface area (Å²) in [5.41, 5.74) is 4.81. The summed E-state index contributed by atoms with van der Waals surface area (Å²) in [4.78, 5) is 29.7. The molecule has 1 heterocycles. The van der Waals surface area contributed by atoms with Crippen molar-refractivity contribution in [2.24, 2.45) is 0 Å². The minimum absolute atomic E-state index is 0.0108. The van der Waals surface area contributed by atoms with E-state index in [2.05, 4.69) is 5.32 Å². The number of ketones is 1. The Morgan fingerprint density at radius 1 is 0.784 bits per heavy atom. The number of Topliss-reactive ketones (excluding diaryl/α,β-unsaturated/α-hetero) is 1. The minimum atomic E-state index is -0.779. The van der Waals surface area contributed by atoms with E-state index in [9.17, 15) is 14.0 Å². The molecule has 5 heteroatoms. The first-order valence-electron chi connectivity index (χ1n) is 12.4. The van der Waals surface area contributed by atoms with E-state index in [0.717, 1.165) is 16.9 Å². The summed E-state index contributed by atoms with van der Waals surface area (Å²) in [6.45, 7) is 0. The fraction of sp³-hybridized carbons (Fsp3) is 0.125. The summed E-state index contributed by atoms with van der Waals surface area (Å²) in [5, 5.41) is 3.51. The molecule has 1 amide bonds. The number of nitrogens with one attached hydrogen (secondary N) is 1. The van der Waals surface area contributed by atoms with Gasteiger partial charge in [-0.1, -0.05) is 72.8 Å². The Bertz CT molecular complexity index is 1510. The van der Waals surface area contributed by atoms with Crippen LogP contribution in [0.4, 0.5) is 15.8 Å². The highest BCUT2D eigenvalue weighted by Crippen LogP contribution is 2.47. The predicted molar refractivity (Wildman–Crippen MR) is 143 cm³/mol. The predicted octanol–water partition coefficient (Wildman–Crippen LogP) is 7.04. The monoisotopic (exact) mass is 488 g/mol. The molecule has 0 aromatic heterocycles. The molecule has 0 bridgehead atoms. The topological polar surface area (TPSA) is 49.4 Å². The smallest absolute Gasteiger partial charge is 0.259 e. The van der Waals surface area contributed by atoms with E-state index < -0.39 is 11.9 Å². The van der Waals surface area contributed by atoms with Gasteiger partial charge in [0.05, 0.1) is 17.4 Å². The number of fused-ring (bicyclic) bond motifs is 1. The van der Waals surface area contributed by atoms with Crippen molar-refractivity contribution in [1.29, 1.82) is 0 Å². The van der Waals surface area contributed by atoms with Crippen molar-refractivity contribution in [3.63, 3.8) is 0 Å². The molecule has 2 aliphatic rings. The second-order valence-electron chi connectivity index (χ2n) is 9.47. The fourth-order valence-electron chi connectivity index (χ4n) is 5.49. The van der Waals surface area contributed by atoms with Crippen molar-refractivity contribution in [3.8, 4) is 0 Å². The zero-order valence-corrected chi connectivity index (χ0v) is 20.1. The summed E-state index contributed by atoms with van der Waals surface area (Å²) < 4.78 is 14.6. The Hall–Kier alpha value is -4.51. The van der Waals surface area contributed by atoms with Gasteiger partial charge < -0.3 is 5.32 Å². The summed E-state index contributed by atoms with van der Waals surface area (Å²) in [6, 6.07) is 32.0. The van der Waals surface area contributed by atoms with Crippen molar-refractivity contribution < 1.29 is 14.0 Å². The Morgan fingerprint density at radius 3 is 2.22 bits per heavy atom. The molecule has 4 nitrogen and oxygen atoms in total. The number of para-hydroxylation sites is 2. The minimum Gasteiger partial charge on any atom is -0.357 e. The van der Waals surface area contributed by atoms with Crippen LogP contribution < -0.4 is 10.2 Å². The fourth-order valence-corrected chi connectivity index (χ4v) is 5.49. The molecular formula is C32H25FN2O2. The zero-order chi connectivity index (χ0) is 25.4. The number of carbonyl (C=O) groups is 2. The van der Waals surface area contributed by atoms with Gasteiger partial charge in [-0.25, -0.2) is 4.39 Å². The normalized spacial score (nSPS) is 18.9. The van der Waals surface area contributed by atoms with Crippen LogP contribution >= 0.6 is 0 Å². The first-order chi connectivity index (χ1) is 18.1. The lowest BCUT2D eigenvalue weighted by Crippen LogP contribution is -2.38. The number of carbonyl (C=O) groups excluding carboxylic acids is 2. The van der Waals surface area contributed by atoms with E-state index in [4.69, 9.17) is 0 Å². The van der Waals surface area contributed by atoms with Gasteiger partial charge in [-0.15, -0.1) is 0 Å². The van der Waals surface area contributed by atoms with Crippen LogP contribution in [0.25, 0.3) is 0 Å². The third kappa shape index (κ3) is 4.23. The number of allylic oxidation sites excluding steroid dienone is 1.